The molecule has 8 aromatic heterocycles. The van der Waals surface area contributed by atoms with Gasteiger partial charge >= 0.3 is 0 Å². The minimum atomic E-state index is 0.605. The molecule has 29 rings (SSSR count). The number of para-hydroxylation sites is 9. The summed E-state index contributed by atoms with van der Waals surface area (Å²) < 4.78 is 18.6. The van der Waals surface area contributed by atoms with Gasteiger partial charge in [-0.1, -0.05) is 340 Å². The fourth-order valence-electron chi connectivity index (χ4n) is 21.3. The van der Waals surface area contributed by atoms with Crippen molar-refractivity contribution >= 4 is 141 Å². The highest BCUT2D eigenvalue weighted by Gasteiger charge is 2.25. The Balaban J connectivity index is 0.000000109. The summed E-state index contributed by atoms with van der Waals surface area (Å²) in [4.78, 5) is 25.5. The zero-order chi connectivity index (χ0) is 95.1. The van der Waals surface area contributed by atoms with Crippen LogP contribution in [0, 0.1) is 0 Å². The largest absolute Gasteiger partial charge is 0.455 e. The van der Waals surface area contributed by atoms with Crippen molar-refractivity contribution in [3.05, 3.63) is 516 Å². The van der Waals surface area contributed by atoms with Crippen LogP contribution in [-0.4, -0.2) is 43.2 Å². The first-order chi connectivity index (χ1) is 71.4. The first kappa shape index (κ1) is 84.2. The van der Waals surface area contributed by atoms with Crippen molar-refractivity contribution < 1.29 is 4.42 Å². The number of benzene rings is 21. The Morgan fingerprint density at radius 3 is 0.993 bits per heavy atom. The summed E-state index contributed by atoms with van der Waals surface area (Å²) in [6.07, 6.45) is 0. The van der Waals surface area contributed by atoms with E-state index in [1.165, 1.54) is 147 Å². The lowest BCUT2D eigenvalue weighted by molar-refractivity contribution is 0.670. The fraction of sp³-hybridized carbons (Fsp3) is 0. The van der Waals surface area contributed by atoms with Gasteiger partial charge in [-0.3, -0.25) is 0 Å². The van der Waals surface area contributed by atoms with Gasteiger partial charge in [0.15, 0.2) is 23.3 Å². The molecular weight excluding hydrogens is 1770 g/mol. The summed E-state index contributed by atoms with van der Waals surface area (Å²) in [6, 6.07) is 182. The molecule has 29 aromatic rings. The predicted molar refractivity (Wildman–Crippen MR) is 600 cm³/mol. The molecule has 21 aromatic carbocycles. The van der Waals surface area contributed by atoms with Gasteiger partial charge in [0.05, 0.1) is 55.5 Å². The van der Waals surface area contributed by atoms with Gasteiger partial charge in [-0.2, -0.15) is 0 Å². The molecule has 0 N–H and O–H groups in total. The Bertz CT molecular complexity index is 9950. The van der Waals surface area contributed by atoms with E-state index in [1.54, 1.807) is 0 Å². The van der Waals surface area contributed by atoms with Crippen LogP contribution in [0.25, 0.3) is 265 Å². The Labute approximate surface area is 833 Å². The number of furan rings is 1. The third-order valence-corrected chi connectivity index (χ3v) is 29.1. The highest BCUT2D eigenvalue weighted by atomic mass is 32.1. The van der Waals surface area contributed by atoms with Gasteiger partial charge in [0, 0.05) is 136 Å². The lowest BCUT2D eigenvalue weighted by Crippen LogP contribution is -2.00. The zero-order valence-electron chi connectivity index (χ0n) is 77.9. The lowest BCUT2D eigenvalue weighted by atomic mass is 9.97. The summed E-state index contributed by atoms with van der Waals surface area (Å²) >= 11 is 1.83. The SMILES string of the molecule is c1ccc(-c2cccc(-c3cc(-c4ccccc4)nc(-c4ccc5sc6ccc(-c7ccc8c(c7)c7ccccc7n8-c7ccccc7)cc6c5c4)n3)c2)cc1.c1ccc(-c2nc(-c3ccccc3)nc(-c3cc(-c4ccc5c(c4)c4ccccc4n5-c4ccccc4)c4oc5ccccc5c4c3)n2)cc1.c1ccc(-n2c3ccccc3c3cc(-c4cccc5c4c4ccccc4n5-c4ccccc4)ccc32)cc1. The Morgan fingerprint density at radius 2 is 0.486 bits per heavy atom. The molecule has 0 aliphatic carbocycles. The van der Waals surface area contributed by atoms with E-state index in [0.29, 0.717) is 23.3 Å². The Hall–Kier alpha value is -19.1. The van der Waals surface area contributed by atoms with Crippen LogP contribution in [0.3, 0.4) is 0 Å². The van der Waals surface area contributed by atoms with E-state index in [-0.39, 0.29) is 0 Å². The maximum absolute atomic E-state index is 6.63. The van der Waals surface area contributed by atoms with Crippen LogP contribution in [0.5, 0.6) is 0 Å². The molecule has 144 heavy (non-hydrogen) atoms. The zero-order valence-corrected chi connectivity index (χ0v) is 78.7. The van der Waals surface area contributed by atoms with E-state index in [0.717, 1.165) is 94.6 Å². The number of aromatic nitrogens is 9. The molecule has 0 saturated heterocycles. The molecule has 10 nitrogen and oxygen atoms in total. The molecule has 0 aliphatic heterocycles. The Morgan fingerprint density at radius 1 is 0.167 bits per heavy atom. The molecule has 0 fully saturated rings. The normalized spacial score (nSPS) is 11.6. The standard InChI is InChI=1S/C52H33N3S.C45H28N4O.C36H24N2/c1-4-13-34(14-5-1)36-17-12-18-39(29-36)47-33-46(35-15-6-2-7-16-35)53-52(54-47)40-25-28-51-45(32-40)44-31-38(24-27-50(44)56-51)37-23-26-49-43(30-37)42-21-10-11-22-48(42)55(49)41-19-8-3-9-20-41;1-4-14-29(15-5-1)43-46-44(30-16-6-2-7-17-30)48-45(47-43)32-27-36(42-38(28-32)35-21-11-13-23-41(35)50-42)31-24-25-40-37(26-31)34-20-10-12-22-39(34)49(40)33-18-8-3-9-19-33;1-3-12-26(13-4-1)37-32-19-9-7-16-29(32)31-24-25(22-23-34(31)37)28-18-11-21-35-36(28)30-17-8-10-20-33(30)38(35)27-14-5-2-6-15-27/h1-33H;1-28H;1-24H. The Kier molecular flexibility index (Phi) is 20.9. The first-order valence-corrected chi connectivity index (χ1v) is 49.5. The number of nitrogens with zero attached hydrogens (tertiary/aromatic N) is 9. The van der Waals surface area contributed by atoms with Crippen LogP contribution in [0.2, 0.25) is 0 Å². The van der Waals surface area contributed by atoms with Crippen molar-refractivity contribution in [2.45, 2.75) is 0 Å². The molecule has 0 aliphatic rings. The first-order valence-electron chi connectivity index (χ1n) is 48.6. The quantitative estimate of drug-likeness (QED) is 0.108. The van der Waals surface area contributed by atoms with Crippen LogP contribution in [0.15, 0.2) is 520 Å². The summed E-state index contributed by atoms with van der Waals surface area (Å²) in [7, 11) is 0. The van der Waals surface area contributed by atoms with E-state index in [1.807, 2.05) is 90.2 Å². The maximum Gasteiger partial charge on any atom is 0.164 e. The van der Waals surface area contributed by atoms with Gasteiger partial charge < -0.3 is 22.7 Å². The van der Waals surface area contributed by atoms with Crippen molar-refractivity contribution in [2.75, 3.05) is 0 Å². The van der Waals surface area contributed by atoms with Crippen molar-refractivity contribution in [2.24, 2.45) is 0 Å². The monoisotopic (exact) mass is 1860 g/mol. The van der Waals surface area contributed by atoms with Gasteiger partial charge in [-0.05, 0) is 215 Å². The minimum Gasteiger partial charge on any atom is -0.455 e. The summed E-state index contributed by atoms with van der Waals surface area (Å²) in [5.74, 6) is 2.57. The second kappa shape index (κ2) is 35.7. The molecule has 0 unspecified atom stereocenters. The smallest absolute Gasteiger partial charge is 0.164 e. The summed E-state index contributed by atoms with van der Waals surface area (Å²) in [6.45, 7) is 0. The van der Waals surface area contributed by atoms with Crippen LogP contribution in [0.4, 0.5) is 0 Å². The van der Waals surface area contributed by atoms with E-state index in [9.17, 15) is 0 Å². The molecule has 0 radical (unpaired) electrons. The van der Waals surface area contributed by atoms with Crippen molar-refractivity contribution in [1.82, 2.24) is 43.2 Å². The van der Waals surface area contributed by atoms with Crippen LogP contribution >= 0.6 is 11.3 Å². The predicted octanol–water partition coefficient (Wildman–Crippen LogP) is 35.4. The van der Waals surface area contributed by atoms with E-state index in [2.05, 4.69) is 455 Å². The number of hydrogen-bond acceptors (Lipinski definition) is 7. The van der Waals surface area contributed by atoms with Gasteiger partial charge in [0.25, 0.3) is 0 Å². The van der Waals surface area contributed by atoms with E-state index >= 15 is 0 Å². The molecule has 0 amide bonds. The number of thiophene rings is 1. The number of rotatable bonds is 14. The molecular formula is C133H85N9OS. The van der Waals surface area contributed by atoms with Gasteiger partial charge in [0.2, 0.25) is 0 Å². The second-order valence-corrected chi connectivity index (χ2v) is 37.6. The maximum atomic E-state index is 6.63. The molecule has 8 heterocycles. The van der Waals surface area contributed by atoms with Crippen LogP contribution in [-0.2, 0) is 0 Å². The molecule has 0 saturated carbocycles. The second-order valence-electron chi connectivity index (χ2n) is 36.5. The molecule has 0 spiro atoms. The van der Waals surface area contributed by atoms with Crippen molar-refractivity contribution in [1.29, 1.82) is 0 Å². The highest BCUT2D eigenvalue weighted by Crippen LogP contribution is 2.48. The van der Waals surface area contributed by atoms with Crippen molar-refractivity contribution in [3.63, 3.8) is 0 Å². The average Bonchev–Trinajstić information content (AvgIpc) is 1.58. The third kappa shape index (κ3) is 15.0. The fourth-order valence-corrected chi connectivity index (χ4v) is 22.4. The summed E-state index contributed by atoms with van der Waals surface area (Å²) in [5.41, 5.74) is 32.9. The highest BCUT2D eigenvalue weighted by molar-refractivity contribution is 7.25. The number of fused-ring (bicyclic) bond motifs is 18. The van der Waals surface area contributed by atoms with Gasteiger partial charge in [-0.15, -0.1) is 11.3 Å². The van der Waals surface area contributed by atoms with E-state index < -0.39 is 0 Å². The number of hydrogen-bond donors (Lipinski definition) is 0. The molecule has 0 bridgehead atoms. The lowest BCUT2D eigenvalue weighted by Gasteiger charge is -2.11. The molecule has 674 valence electrons. The summed E-state index contributed by atoms with van der Waals surface area (Å²) in [5, 5.41) is 14.5. The minimum absolute atomic E-state index is 0.605. The molecule has 11 heteroatoms. The average molecular weight is 1860 g/mol. The molecule has 0 atom stereocenters. The van der Waals surface area contributed by atoms with Crippen LogP contribution in [0.1, 0.15) is 0 Å². The van der Waals surface area contributed by atoms with Gasteiger partial charge in [-0.25, -0.2) is 24.9 Å². The topological polar surface area (TPSA) is 97.3 Å². The van der Waals surface area contributed by atoms with Crippen LogP contribution < -0.4 is 0 Å². The van der Waals surface area contributed by atoms with E-state index in [4.69, 9.17) is 29.3 Å². The van der Waals surface area contributed by atoms with Crippen molar-refractivity contribution in [3.8, 4) is 135 Å². The third-order valence-electron chi connectivity index (χ3n) is 28.0. The van der Waals surface area contributed by atoms with Gasteiger partial charge in [0.1, 0.15) is 11.2 Å².